The lowest BCUT2D eigenvalue weighted by Gasteiger charge is -2.27. The minimum atomic E-state index is -1.13. The van der Waals surface area contributed by atoms with Gasteiger partial charge in [0.15, 0.2) is 0 Å². The molecule has 4 rings (SSSR count). The molecule has 0 atom stereocenters. The van der Waals surface area contributed by atoms with E-state index < -0.39 is 5.41 Å². The van der Waals surface area contributed by atoms with Crippen molar-refractivity contribution < 1.29 is 14.3 Å². The number of carbonyl (C=O) groups excluding carboxylic acids is 2. The van der Waals surface area contributed by atoms with Gasteiger partial charge in [0.2, 0.25) is 11.8 Å². The van der Waals surface area contributed by atoms with E-state index in [2.05, 4.69) is 20.9 Å². The van der Waals surface area contributed by atoms with Gasteiger partial charge in [-0.25, -0.2) is 0 Å². The number of fused-ring (bicyclic) bond motifs is 1. The molecule has 38 heavy (non-hydrogen) atoms. The van der Waals surface area contributed by atoms with Crippen LogP contribution in [0.5, 0.6) is 5.75 Å². The molecule has 0 N–H and O–H groups in total. The molecule has 0 fully saturated rings. The number of hydrogen-bond acceptors (Lipinski definition) is 6. The van der Waals surface area contributed by atoms with Crippen LogP contribution in [0.1, 0.15) is 39.2 Å². The standard InChI is InChI=1S/C30H37N5O3/c1-5-35-26-12-11-25(21-27(26)33(4)28(36)30(2,3)29(35)37)38-20-8-19-34(24-13-16-31-17-14-24)18-7-10-23-9-6-15-32-22-23/h6,9,11-17,21-22H,5,7-8,10,18-20H2,1-4H3. The fraction of sp³-hybridized carbons (Fsp3) is 0.400. The number of carbonyl (C=O) groups is 2. The van der Waals surface area contributed by atoms with Gasteiger partial charge in [0.25, 0.3) is 0 Å². The third-order valence-electron chi connectivity index (χ3n) is 7.02. The summed E-state index contributed by atoms with van der Waals surface area (Å²) in [7, 11) is 1.72. The van der Waals surface area contributed by atoms with Crippen molar-refractivity contribution in [1.82, 2.24) is 9.97 Å². The average molecular weight is 516 g/mol. The van der Waals surface area contributed by atoms with Crippen molar-refractivity contribution >= 4 is 28.9 Å². The van der Waals surface area contributed by atoms with Crippen LogP contribution in [0.3, 0.4) is 0 Å². The molecule has 0 saturated heterocycles. The summed E-state index contributed by atoms with van der Waals surface area (Å²) in [5, 5.41) is 0. The number of hydrogen-bond donors (Lipinski definition) is 0. The maximum absolute atomic E-state index is 13.1. The number of aromatic nitrogens is 2. The summed E-state index contributed by atoms with van der Waals surface area (Å²) in [5.74, 6) is 0.263. The second-order valence-corrected chi connectivity index (χ2v) is 10.0. The van der Waals surface area contributed by atoms with E-state index in [4.69, 9.17) is 4.74 Å². The number of anilines is 3. The van der Waals surface area contributed by atoms with E-state index in [-0.39, 0.29) is 11.8 Å². The molecule has 0 radical (unpaired) electrons. The Hall–Kier alpha value is -3.94. The van der Waals surface area contributed by atoms with E-state index in [9.17, 15) is 9.59 Å². The van der Waals surface area contributed by atoms with Crippen LogP contribution in [-0.2, 0) is 16.0 Å². The van der Waals surface area contributed by atoms with Gasteiger partial charge >= 0.3 is 0 Å². The summed E-state index contributed by atoms with van der Waals surface area (Å²) in [6.45, 7) is 8.07. The Bertz CT molecular complexity index is 1230. The molecule has 1 aromatic carbocycles. The quantitative estimate of drug-likeness (QED) is 0.271. The van der Waals surface area contributed by atoms with Crippen LogP contribution in [-0.4, -0.2) is 55.1 Å². The monoisotopic (exact) mass is 515 g/mol. The van der Waals surface area contributed by atoms with E-state index >= 15 is 0 Å². The highest BCUT2D eigenvalue weighted by Gasteiger charge is 2.45. The first-order valence-electron chi connectivity index (χ1n) is 13.2. The Balaban J connectivity index is 1.39. The lowest BCUT2D eigenvalue weighted by molar-refractivity contribution is -0.137. The lowest BCUT2D eigenvalue weighted by atomic mass is 9.90. The molecule has 2 amide bonds. The third-order valence-corrected chi connectivity index (χ3v) is 7.02. The predicted octanol–water partition coefficient (Wildman–Crippen LogP) is 4.74. The first-order valence-corrected chi connectivity index (χ1v) is 13.2. The molecule has 3 aromatic rings. The molecule has 8 heteroatoms. The van der Waals surface area contributed by atoms with Crippen LogP contribution in [0.25, 0.3) is 0 Å². The van der Waals surface area contributed by atoms with E-state index in [1.54, 1.807) is 36.9 Å². The number of benzene rings is 1. The number of rotatable bonds is 11. The van der Waals surface area contributed by atoms with Crippen LogP contribution in [0, 0.1) is 5.41 Å². The van der Waals surface area contributed by atoms with Gasteiger partial charge in [0.1, 0.15) is 11.2 Å². The fourth-order valence-corrected chi connectivity index (χ4v) is 4.86. The SMILES string of the molecule is CCN1C(=O)C(C)(C)C(=O)N(C)c2cc(OCCCN(CCCc3cccnc3)c3ccncc3)ccc21. The minimum absolute atomic E-state index is 0.191. The molecule has 8 nitrogen and oxygen atoms in total. The normalized spacial score (nSPS) is 14.7. The summed E-state index contributed by atoms with van der Waals surface area (Å²) < 4.78 is 6.12. The lowest BCUT2D eigenvalue weighted by Crippen LogP contribution is -2.47. The maximum atomic E-state index is 13.1. The molecule has 0 aliphatic carbocycles. The van der Waals surface area contributed by atoms with E-state index in [1.165, 1.54) is 5.56 Å². The maximum Gasteiger partial charge on any atom is 0.242 e. The number of pyridine rings is 2. The van der Waals surface area contributed by atoms with Gasteiger partial charge in [-0.2, -0.15) is 0 Å². The molecular formula is C30H37N5O3. The second kappa shape index (κ2) is 12.1. The Morgan fingerprint density at radius 3 is 2.39 bits per heavy atom. The van der Waals surface area contributed by atoms with Crippen molar-refractivity contribution in [3.8, 4) is 5.75 Å². The van der Waals surface area contributed by atoms with Crippen molar-refractivity contribution in [3.05, 3.63) is 72.8 Å². The van der Waals surface area contributed by atoms with Crippen LogP contribution < -0.4 is 19.4 Å². The Labute approximate surface area is 225 Å². The number of nitrogens with zero attached hydrogens (tertiary/aromatic N) is 5. The van der Waals surface area contributed by atoms with Gasteiger partial charge in [0, 0.05) is 63.2 Å². The van der Waals surface area contributed by atoms with Gasteiger partial charge in [-0.05, 0) is 75.9 Å². The molecule has 1 aliphatic heterocycles. The summed E-state index contributed by atoms with van der Waals surface area (Å²) in [6.07, 6.45) is 10.2. The molecule has 0 bridgehead atoms. The van der Waals surface area contributed by atoms with Gasteiger partial charge in [-0.3, -0.25) is 19.6 Å². The largest absolute Gasteiger partial charge is 0.493 e. The van der Waals surface area contributed by atoms with Gasteiger partial charge in [0.05, 0.1) is 18.0 Å². The van der Waals surface area contributed by atoms with Crippen LogP contribution in [0.15, 0.2) is 67.3 Å². The number of aryl methyl sites for hydroxylation is 1. The highest BCUT2D eigenvalue weighted by molar-refractivity contribution is 6.20. The van der Waals surface area contributed by atoms with E-state index in [0.29, 0.717) is 24.6 Å². The number of ether oxygens (including phenoxy) is 1. The fourth-order valence-electron chi connectivity index (χ4n) is 4.86. The van der Waals surface area contributed by atoms with Crippen molar-refractivity contribution in [3.63, 3.8) is 0 Å². The van der Waals surface area contributed by atoms with Crippen molar-refractivity contribution in [1.29, 1.82) is 0 Å². The van der Waals surface area contributed by atoms with Crippen LogP contribution in [0.2, 0.25) is 0 Å². The molecule has 0 unspecified atom stereocenters. The minimum Gasteiger partial charge on any atom is -0.493 e. The highest BCUT2D eigenvalue weighted by Crippen LogP contribution is 2.40. The van der Waals surface area contributed by atoms with Crippen LogP contribution in [0.4, 0.5) is 17.1 Å². The molecule has 1 aliphatic rings. The Morgan fingerprint density at radius 1 is 0.921 bits per heavy atom. The molecule has 2 aromatic heterocycles. The van der Waals surface area contributed by atoms with Crippen molar-refractivity contribution in [2.75, 3.05) is 48.0 Å². The molecular weight excluding hydrogens is 478 g/mol. The van der Waals surface area contributed by atoms with Crippen molar-refractivity contribution in [2.45, 2.75) is 40.0 Å². The first-order chi connectivity index (χ1) is 18.3. The Morgan fingerprint density at radius 2 is 1.68 bits per heavy atom. The predicted molar refractivity (Wildman–Crippen MR) is 151 cm³/mol. The Kier molecular flexibility index (Phi) is 8.61. The summed E-state index contributed by atoms with van der Waals surface area (Å²) in [4.78, 5) is 40.1. The highest BCUT2D eigenvalue weighted by atomic mass is 16.5. The van der Waals surface area contributed by atoms with Gasteiger partial charge < -0.3 is 19.4 Å². The van der Waals surface area contributed by atoms with E-state index in [0.717, 1.165) is 43.7 Å². The smallest absolute Gasteiger partial charge is 0.242 e. The third kappa shape index (κ3) is 5.96. The second-order valence-electron chi connectivity index (χ2n) is 10.0. The molecule has 200 valence electrons. The summed E-state index contributed by atoms with van der Waals surface area (Å²) >= 11 is 0. The first kappa shape index (κ1) is 27.1. The summed E-state index contributed by atoms with van der Waals surface area (Å²) in [5.41, 5.74) is 2.66. The van der Waals surface area contributed by atoms with E-state index in [1.807, 2.05) is 61.9 Å². The molecule has 0 spiro atoms. The molecule has 3 heterocycles. The van der Waals surface area contributed by atoms with Gasteiger partial charge in [-0.1, -0.05) is 6.07 Å². The van der Waals surface area contributed by atoms with Crippen molar-refractivity contribution in [2.24, 2.45) is 5.41 Å². The zero-order chi connectivity index (χ0) is 27.1. The molecule has 0 saturated carbocycles. The van der Waals surface area contributed by atoms with Gasteiger partial charge in [-0.15, -0.1) is 0 Å². The number of amides is 2. The van der Waals surface area contributed by atoms with Crippen LogP contribution >= 0.6 is 0 Å². The average Bonchev–Trinajstić information content (AvgIpc) is 2.99. The zero-order valence-corrected chi connectivity index (χ0v) is 22.8. The zero-order valence-electron chi connectivity index (χ0n) is 22.8. The topological polar surface area (TPSA) is 78.9 Å². The summed E-state index contributed by atoms with van der Waals surface area (Å²) in [6, 6.07) is 13.8.